The van der Waals surface area contributed by atoms with Gasteiger partial charge in [0.25, 0.3) is 0 Å². The molecule has 0 aliphatic heterocycles. The molecule has 0 bridgehead atoms. The van der Waals surface area contributed by atoms with Crippen molar-refractivity contribution in [1.29, 1.82) is 0 Å². The number of hydrogen-bond acceptors (Lipinski definition) is 6. The normalized spacial score (nSPS) is 12.7. The van der Waals surface area contributed by atoms with Gasteiger partial charge in [-0.1, -0.05) is 30.3 Å². The van der Waals surface area contributed by atoms with Crippen LogP contribution in [0.1, 0.15) is 38.2 Å². The highest BCUT2D eigenvalue weighted by Gasteiger charge is 2.28. The van der Waals surface area contributed by atoms with E-state index in [0.717, 1.165) is 5.56 Å². The van der Waals surface area contributed by atoms with Gasteiger partial charge < -0.3 is 20.5 Å². The molecule has 0 aliphatic rings. The van der Waals surface area contributed by atoms with Crippen LogP contribution in [0.3, 0.4) is 0 Å². The Kier molecular flexibility index (Phi) is 6.46. The van der Waals surface area contributed by atoms with Gasteiger partial charge in [-0.2, -0.15) is 0 Å². The Morgan fingerprint density at radius 3 is 2.66 bits per heavy atom. The van der Waals surface area contributed by atoms with Crippen LogP contribution in [0.4, 0.5) is 0 Å². The number of rotatable bonds is 9. The molecule has 8 heteroatoms. The second kappa shape index (κ2) is 9.02. The number of nitrogens with two attached hydrogens (primary N) is 1. The highest BCUT2D eigenvalue weighted by Crippen LogP contribution is 2.22. The highest BCUT2D eigenvalue weighted by molar-refractivity contribution is 5.85. The molecule has 3 aromatic rings. The summed E-state index contributed by atoms with van der Waals surface area (Å²) >= 11 is 0. The molecule has 2 aromatic heterocycles. The second-order valence-corrected chi connectivity index (χ2v) is 7.31. The van der Waals surface area contributed by atoms with Crippen LogP contribution >= 0.6 is 0 Å². The monoisotopic (exact) mass is 397 g/mol. The van der Waals surface area contributed by atoms with E-state index in [-0.39, 0.29) is 12.5 Å². The van der Waals surface area contributed by atoms with Crippen molar-refractivity contribution in [1.82, 2.24) is 19.9 Å². The fourth-order valence-electron chi connectivity index (χ4n) is 2.81. The van der Waals surface area contributed by atoms with Gasteiger partial charge in [-0.3, -0.25) is 9.20 Å². The van der Waals surface area contributed by atoms with Crippen molar-refractivity contribution < 1.29 is 14.3 Å². The van der Waals surface area contributed by atoms with Crippen LogP contribution in [0.2, 0.25) is 0 Å². The third kappa shape index (κ3) is 5.10. The van der Waals surface area contributed by atoms with Gasteiger partial charge in [-0.25, -0.2) is 0 Å². The summed E-state index contributed by atoms with van der Waals surface area (Å²) in [5.74, 6) is 0.874. The average molecular weight is 397 g/mol. The molecule has 0 saturated carbocycles. The summed E-state index contributed by atoms with van der Waals surface area (Å²) in [5, 5.41) is 11.5. The highest BCUT2D eigenvalue weighted by atomic mass is 16.5. The molecule has 0 aliphatic carbocycles. The minimum atomic E-state index is -1.03. The van der Waals surface area contributed by atoms with Crippen LogP contribution in [-0.4, -0.2) is 39.3 Å². The predicted octanol–water partition coefficient (Wildman–Crippen LogP) is 2.24. The van der Waals surface area contributed by atoms with Crippen LogP contribution < -0.4 is 15.8 Å². The van der Waals surface area contributed by atoms with E-state index in [0.29, 0.717) is 30.4 Å². The van der Waals surface area contributed by atoms with E-state index in [2.05, 4.69) is 15.5 Å². The van der Waals surface area contributed by atoms with Gasteiger partial charge in [0.2, 0.25) is 11.6 Å². The smallest absolute Gasteiger partial charge is 0.240 e. The van der Waals surface area contributed by atoms with Crippen LogP contribution in [0, 0.1) is 0 Å². The summed E-state index contributed by atoms with van der Waals surface area (Å²) in [6.45, 7) is 6.36. The Labute approximate surface area is 170 Å². The molecule has 0 saturated heterocycles. The van der Waals surface area contributed by atoms with Gasteiger partial charge in [-0.15, -0.1) is 10.2 Å². The van der Waals surface area contributed by atoms with E-state index >= 15 is 0 Å². The molecule has 3 rings (SSSR count). The second-order valence-electron chi connectivity index (χ2n) is 7.31. The molecule has 2 heterocycles. The van der Waals surface area contributed by atoms with Crippen molar-refractivity contribution in [3.05, 3.63) is 60.0 Å². The SMILES string of the molecule is CCOc1cccn2c([C@@H](COCc3ccccc3)NC(=O)C(C)(C)N)nnc12. The maximum atomic E-state index is 12.5. The first-order valence-electron chi connectivity index (χ1n) is 9.58. The van der Waals surface area contributed by atoms with Gasteiger partial charge in [0.1, 0.15) is 6.04 Å². The zero-order chi connectivity index (χ0) is 20.9. The van der Waals surface area contributed by atoms with E-state index < -0.39 is 11.6 Å². The first kappa shape index (κ1) is 20.8. The molecule has 1 amide bonds. The largest absolute Gasteiger partial charge is 0.490 e. The van der Waals surface area contributed by atoms with Crippen molar-refractivity contribution >= 4 is 11.6 Å². The maximum Gasteiger partial charge on any atom is 0.240 e. The summed E-state index contributed by atoms with van der Waals surface area (Å²) in [6, 6.07) is 13.0. The molecule has 0 fully saturated rings. The van der Waals surface area contributed by atoms with Gasteiger partial charge in [0, 0.05) is 6.20 Å². The number of pyridine rings is 1. The standard InChI is InChI=1S/C21H27N5O3/c1-4-29-17-11-8-12-26-18(24-25-19(17)26)16(23-20(27)21(2,3)22)14-28-13-15-9-6-5-7-10-15/h5-12,16H,4,13-14,22H2,1-3H3,(H,23,27)/t16-/m1/s1. The van der Waals surface area contributed by atoms with Crippen molar-refractivity contribution in [2.45, 2.75) is 39.0 Å². The molecular weight excluding hydrogens is 370 g/mol. The van der Waals surface area contributed by atoms with Crippen LogP contribution in [0.15, 0.2) is 48.7 Å². The fraction of sp³-hybridized carbons (Fsp3) is 0.381. The lowest BCUT2D eigenvalue weighted by Gasteiger charge is -2.23. The first-order chi connectivity index (χ1) is 13.9. The Balaban J connectivity index is 1.85. The van der Waals surface area contributed by atoms with E-state index in [4.69, 9.17) is 15.2 Å². The molecule has 3 N–H and O–H groups in total. The quantitative estimate of drug-likeness (QED) is 0.574. The number of amides is 1. The minimum absolute atomic E-state index is 0.219. The summed E-state index contributed by atoms with van der Waals surface area (Å²) in [7, 11) is 0. The molecule has 8 nitrogen and oxygen atoms in total. The predicted molar refractivity (Wildman–Crippen MR) is 109 cm³/mol. The first-order valence-corrected chi connectivity index (χ1v) is 9.58. The molecular formula is C21H27N5O3. The number of benzene rings is 1. The number of aromatic nitrogens is 3. The molecule has 29 heavy (non-hydrogen) atoms. The zero-order valence-electron chi connectivity index (χ0n) is 17.0. The lowest BCUT2D eigenvalue weighted by Crippen LogP contribution is -2.50. The summed E-state index contributed by atoms with van der Waals surface area (Å²) < 4.78 is 13.3. The Bertz CT molecular complexity index is 950. The van der Waals surface area contributed by atoms with Crippen LogP contribution in [-0.2, 0) is 16.1 Å². The van der Waals surface area contributed by atoms with Crippen molar-refractivity contribution in [2.24, 2.45) is 5.73 Å². The molecule has 0 unspecified atom stereocenters. The number of nitrogens with zero attached hydrogens (tertiary/aromatic N) is 3. The Morgan fingerprint density at radius 1 is 1.21 bits per heavy atom. The maximum absolute atomic E-state index is 12.5. The third-order valence-corrected chi connectivity index (χ3v) is 4.32. The minimum Gasteiger partial charge on any atom is -0.490 e. The third-order valence-electron chi connectivity index (χ3n) is 4.32. The molecule has 1 aromatic carbocycles. The van der Waals surface area contributed by atoms with Crippen LogP contribution in [0.25, 0.3) is 5.65 Å². The number of carbonyl (C=O) groups excluding carboxylic acids is 1. The Morgan fingerprint density at radius 2 is 1.97 bits per heavy atom. The van der Waals surface area contributed by atoms with Crippen LogP contribution in [0.5, 0.6) is 5.75 Å². The summed E-state index contributed by atoms with van der Waals surface area (Å²) in [6.07, 6.45) is 1.83. The number of hydrogen-bond donors (Lipinski definition) is 2. The van der Waals surface area contributed by atoms with E-state index in [1.165, 1.54) is 0 Å². The van der Waals surface area contributed by atoms with Crippen molar-refractivity contribution in [3.8, 4) is 5.75 Å². The lowest BCUT2D eigenvalue weighted by molar-refractivity contribution is -0.126. The molecule has 154 valence electrons. The lowest BCUT2D eigenvalue weighted by atomic mass is 10.1. The fourth-order valence-corrected chi connectivity index (χ4v) is 2.81. The average Bonchev–Trinajstić information content (AvgIpc) is 3.12. The summed E-state index contributed by atoms with van der Waals surface area (Å²) in [4.78, 5) is 12.5. The van der Waals surface area contributed by atoms with E-state index in [1.54, 1.807) is 18.2 Å². The number of nitrogens with one attached hydrogen (secondary N) is 1. The topological polar surface area (TPSA) is 104 Å². The number of fused-ring (bicyclic) bond motifs is 1. The molecule has 1 atom stereocenters. The van der Waals surface area contributed by atoms with Crippen molar-refractivity contribution in [2.75, 3.05) is 13.2 Å². The zero-order valence-corrected chi connectivity index (χ0v) is 17.0. The van der Waals surface area contributed by atoms with Gasteiger partial charge >= 0.3 is 0 Å². The van der Waals surface area contributed by atoms with Crippen molar-refractivity contribution in [3.63, 3.8) is 0 Å². The number of carbonyl (C=O) groups is 1. The summed E-state index contributed by atoms with van der Waals surface area (Å²) in [5.41, 5.74) is 6.55. The molecule has 0 spiro atoms. The molecule has 0 radical (unpaired) electrons. The number of ether oxygens (including phenoxy) is 2. The van der Waals surface area contributed by atoms with E-state index in [1.807, 2.05) is 55.6 Å². The van der Waals surface area contributed by atoms with E-state index in [9.17, 15) is 4.79 Å². The van der Waals surface area contributed by atoms with Gasteiger partial charge in [0.15, 0.2) is 11.6 Å². The Hall–Kier alpha value is -2.97. The van der Waals surface area contributed by atoms with Gasteiger partial charge in [-0.05, 0) is 38.5 Å². The van der Waals surface area contributed by atoms with Gasteiger partial charge in [0.05, 0.1) is 25.4 Å².